The molecule has 1 N–H and O–H groups in total. The Bertz CT molecular complexity index is 1640. The van der Waals surface area contributed by atoms with Crippen LogP contribution in [0, 0.1) is 11.3 Å². The molecule has 4 aromatic carbocycles. The SMILES string of the molecule is CCc1ccccc1NC(=O)c1cccc(N2C(=O)[C@@H]3C4c5ccccc5C(c5ccccc54)[C@]3(C)C2=O)c1. The van der Waals surface area contributed by atoms with Gasteiger partial charge in [0.25, 0.3) is 5.91 Å². The summed E-state index contributed by atoms with van der Waals surface area (Å²) in [5, 5.41) is 3.00. The number of para-hydroxylation sites is 1. The molecule has 1 aliphatic heterocycles. The molecule has 2 bridgehead atoms. The predicted molar refractivity (Wildman–Crippen MR) is 151 cm³/mol. The van der Waals surface area contributed by atoms with Crippen molar-refractivity contribution in [3.05, 3.63) is 130 Å². The van der Waals surface area contributed by atoms with Gasteiger partial charge in [-0.25, -0.2) is 4.90 Å². The predicted octanol–water partition coefficient (Wildman–Crippen LogP) is 6.29. The average Bonchev–Trinajstić information content (AvgIpc) is 3.18. The Balaban J connectivity index is 1.29. The largest absolute Gasteiger partial charge is 0.322 e. The molecule has 0 saturated carbocycles. The lowest BCUT2D eigenvalue weighted by atomic mass is 9.48. The van der Waals surface area contributed by atoms with Crippen LogP contribution in [0.5, 0.6) is 0 Å². The molecule has 1 saturated heterocycles. The normalized spacial score (nSPS) is 24.3. The molecule has 192 valence electrons. The van der Waals surface area contributed by atoms with Crippen molar-refractivity contribution in [2.75, 3.05) is 10.2 Å². The molecule has 5 nitrogen and oxygen atoms in total. The molecule has 2 atom stereocenters. The van der Waals surface area contributed by atoms with E-state index in [2.05, 4.69) is 29.6 Å². The summed E-state index contributed by atoms with van der Waals surface area (Å²) < 4.78 is 0. The number of hydrogen-bond donors (Lipinski definition) is 1. The van der Waals surface area contributed by atoms with E-state index in [9.17, 15) is 14.4 Å². The number of benzene rings is 4. The Hall–Kier alpha value is -4.51. The third kappa shape index (κ3) is 3.16. The second-order valence-electron chi connectivity index (χ2n) is 10.9. The molecule has 8 rings (SSSR count). The van der Waals surface area contributed by atoms with Gasteiger partial charge in [-0.15, -0.1) is 0 Å². The zero-order chi connectivity index (χ0) is 26.9. The Morgan fingerprint density at radius 2 is 1.44 bits per heavy atom. The standard InChI is InChI=1S/C34H28N2O3/c1-3-20-11-4-9-18-27(20)35-31(37)21-12-10-13-22(19-21)36-32(38)30-28-23-14-5-7-16-25(23)29(34(30,2)33(36)39)26-17-8-6-15-24(26)28/h4-19,28-30H,3H2,1-2H3,(H,35,37)/t28?,29?,30-,34-/m0/s1. The van der Waals surface area contributed by atoms with Gasteiger partial charge in [0.15, 0.2) is 0 Å². The van der Waals surface area contributed by atoms with E-state index in [-0.39, 0.29) is 29.6 Å². The van der Waals surface area contributed by atoms with Gasteiger partial charge in [0.1, 0.15) is 0 Å². The number of amides is 3. The number of imide groups is 1. The Morgan fingerprint density at radius 1 is 0.821 bits per heavy atom. The molecule has 0 unspecified atom stereocenters. The third-order valence-electron chi connectivity index (χ3n) is 9.03. The third-order valence-corrected chi connectivity index (χ3v) is 9.03. The first-order valence-electron chi connectivity index (χ1n) is 13.5. The van der Waals surface area contributed by atoms with Crippen molar-refractivity contribution in [2.45, 2.75) is 32.1 Å². The summed E-state index contributed by atoms with van der Waals surface area (Å²) in [6, 6.07) is 31.0. The lowest BCUT2D eigenvalue weighted by molar-refractivity contribution is -0.128. The van der Waals surface area contributed by atoms with Crippen LogP contribution >= 0.6 is 0 Å². The fourth-order valence-electron chi connectivity index (χ4n) is 7.29. The van der Waals surface area contributed by atoms with Gasteiger partial charge >= 0.3 is 0 Å². The number of nitrogens with one attached hydrogen (secondary N) is 1. The van der Waals surface area contributed by atoms with Crippen LogP contribution in [0.1, 0.15) is 63.9 Å². The topological polar surface area (TPSA) is 66.5 Å². The number of anilines is 2. The van der Waals surface area contributed by atoms with Crippen LogP contribution in [-0.2, 0) is 16.0 Å². The second kappa shape index (κ2) is 8.50. The molecular formula is C34H28N2O3. The fraction of sp³-hybridized carbons (Fsp3) is 0.206. The number of aryl methyl sites for hydroxylation is 1. The van der Waals surface area contributed by atoms with Crippen LogP contribution in [-0.4, -0.2) is 17.7 Å². The van der Waals surface area contributed by atoms with Gasteiger partial charge in [-0.05, 0) is 65.4 Å². The van der Waals surface area contributed by atoms with Crippen LogP contribution in [0.25, 0.3) is 0 Å². The van der Waals surface area contributed by atoms with Gasteiger partial charge in [-0.3, -0.25) is 14.4 Å². The summed E-state index contributed by atoms with van der Waals surface area (Å²) >= 11 is 0. The summed E-state index contributed by atoms with van der Waals surface area (Å²) in [6.07, 6.45) is 0.792. The van der Waals surface area contributed by atoms with Crippen LogP contribution in [0.4, 0.5) is 11.4 Å². The van der Waals surface area contributed by atoms with Crippen LogP contribution in [0.15, 0.2) is 97.1 Å². The summed E-state index contributed by atoms with van der Waals surface area (Å²) in [5.74, 6) is -1.58. The van der Waals surface area contributed by atoms with Crippen LogP contribution < -0.4 is 10.2 Å². The van der Waals surface area contributed by atoms with Gasteiger partial charge in [-0.1, -0.05) is 79.7 Å². The first kappa shape index (κ1) is 23.6. The minimum absolute atomic E-state index is 0.189. The van der Waals surface area contributed by atoms with Crippen LogP contribution in [0.2, 0.25) is 0 Å². The van der Waals surface area contributed by atoms with E-state index in [0.717, 1.165) is 39.9 Å². The molecular weight excluding hydrogens is 484 g/mol. The number of rotatable bonds is 4. The Labute approximate surface area is 227 Å². The number of nitrogens with zero attached hydrogens (tertiary/aromatic N) is 1. The van der Waals surface area contributed by atoms with Gasteiger partial charge < -0.3 is 5.32 Å². The maximum atomic E-state index is 14.3. The smallest absolute Gasteiger partial charge is 0.255 e. The highest BCUT2D eigenvalue weighted by Gasteiger charge is 2.68. The van der Waals surface area contributed by atoms with Crippen molar-refractivity contribution in [1.82, 2.24) is 0 Å². The first-order valence-corrected chi connectivity index (χ1v) is 13.5. The first-order chi connectivity index (χ1) is 18.9. The quantitative estimate of drug-likeness (QED) is 0.327. The Kier molecular flexibility index (Phi) is 5.14. The highest BCUT2D eigenvalue weighted by Crippen LogP contribution is 2.67. The highest BCUT2D eigenvalue weighted by atomic mass is 16.2. The van der Waals surface area contributed by atoms with E-state index in [1.54, 1.807) is 24.3 Å². The minimum Gasteiger partial charge on any atom is -0.322 e. The molecule has 39 heavy (non-hydrogen) atoms. The van der Waals surface area contributed by atoms with Crippen molar-refractivity contribution in [3.63, 3.8) is 0 Å². The molecule has 0 radical (unpaired) electrons. The Morgan fingerprint density at radius 3 is 2.10 bits per heavy atom. The van der Waals surface area contributed by atoms with E-state index in [1.165, 1.54) is 4.90 Å². The molecule has 3 aliphatic carbocycles. The van der Waals surface area contributed by atoms with Gasteiger partial charge in [0, 0.05) is 23.1 Å². The number of hydrogen-bond acceptors (Lipinski definition) is 3. The van der Waals surface area contributed by atoms with Crippen molar-refractivity contribution in [1.29, 1.82) is 0 Å². The van der Waals surface area contributed by atoms with Crippen molar-refractivity contribution in [2.24, 2.45) is 11.3 Å². The maximum absolute atomic E-state index is 14.3. The molecule has 0 spiro atoms. The van der Waals surface area contributed by atoms with E-state index in [1.807, 2.05) is 62.4 Å². The molecule has 4 aromatic rings. The zero-order valence-corrected chi connectivity index (χ0v) is 21.8. The van der Waals surface area contributed by atoms with Crippen molar-refractivity contribution >= 4 is 29.1 Å². The zero-order valence-electron chi connectivity index (χ0n) is 21.8. The number of carbonyl (C=O) groups is 3. The molecule has 3 amide bonds. The van der Waals surface area contributed by atoms with Crippen molar-refractivity contribution in [3.8, 4) is 0 Å². The summed E-state index contributed by atoms with van der Waals surface area (Å²) in [7, 11) is 0. The van der Waals surface area contributed by atoms with Gasteiger partial charge in [0.2, 0.25) is 11.8 Å². The average molecular weight is 513 g/mol. The highest BCUT2D eigenvalue weighted by molar-refractivity contribution is 6.25. The molecule has 1 heterocycles. The van der Waals surface area contributed by atoms with E-state index in [4.69, 9.17) is 0 Å². The lowest BCUT2D eigenvalue weighted by Gasteiger charge is -2.51. The van der Waals surface area contributed by atoms with Crippen molar-refractivity contribution < 1.29 is 14.4 Å². The van der Waals surface area contributed by atoms with E-state index < -0.39 is 11.3 Å². The number of carbonyl (C=O) groups excluding carboxylic acids is 3. The summed E-state index contributed by atoms with van der Waals surface area (Å²) in [4.78, 5) is 43.1. The molecule has 1 fully saturated rings. The van der Waals surface area contributed by atoms with Gasteiger partial charge in [0.05, 0.1) is 17.0 Å². The molecule has 4 aliphatic rings. The van der Waals surface area contributed by atoms with Gasteiger partial charge in [-0.2, -0.15) is 0 Å². The minimum atomic E-state index is -0.914. The second-order valence-corrected chi connectivity index (χ2v) is 10.9. The summed E-state index contributed by atoms with van der Waals surface area (Å²) in [5.41, 5.74) is 6.24. The van der Waals surface area contributed by atoms with Crippen LogP contribution in [0.3, 0.4) is 0 Å². The monoisotopic (exact) mass is 512 g/mol. The summed E-state index contributed by atoms with van der Waals surface area (Å²) in [6.45, 7) is 4.00. The molecule has 5 heteroatoms. The fourth-order valence-corrected chi connectivity index (χ4v) is 7.29. The van der Waals surface area contributed by atoms with E-state index >= 15 is 0 Å². The molecule has 0 aromatic heterocycles. The lowest BCUT2D eigenvalue weighted by Crippen LogP contribution is -2.49. The maximum Gasteiger partial charge on any atom is 0.255 e. The van der Waals surface area contributed by atoms with E-state index in [0.29, 0.717) is 11.3 Å².